The van der Waals surface area contributed by atoms with Gasteiger partial charge in [-0.25, -0.2) is 0 Å². The Labute approximate surface area is 103 Å². The van der Waals surface area contributed by atoms with E-state index in [0.717, 1.165) is 5.56 Å². The number of aromatic nitrogens is 2. The van der Waals surface area contributed by atoms with Crippen LogP contribution in [0.2, 0.25) is 0 Å². The highest BCUT2D eigenvalue weighted by atomic mass is 16.4. The first-order valence-corrected chi connectivity index (χ1v) is 5.38. The first kappa shape index (κ1) is 12.1. The minimum atomic E-state index is -1.05. The summed E-state index contributed by atoms with van der Waals surface area (Å²) in [5.41, 5.74) is 7.45. The van der Waals surface area contributed by atoms with Gasteiger partial charge in [-0.1, -0.05) is 6.07 Å². The number of hydrogen-bond donors (Lipinski definition) is 4. The van der Waals surface area contributed by atoms with Crippen LogP contribution >= 0.6 is 0 Å². The van der Waals surface area contributed by atoms with Gasteiger partial charge in [0, 0.05) is 11.8 Å². The summed E-state index contributed by atoms with van der Waals surface area (Å²) in [4.78, 5) is 10.7. The summed E-state index contributed by atoms with van der Waals surface area (Å²) in [6.45, 7) is 0. The molecule has 1 heterocycles. The Morgan fingerprint density at radius 1 is 1.44 bits per heavy atom. The monoisotopic (exact) mass is 247 g/mol. The zero-order valence-corrected chi connectivity index (χ0v) is 9.50. The summed E-state index contributed by atoms with van der Waals surface area (Å²) < 4.78 is 0. The summed E-state index contributed by atoms with van der Waals surface area (Å²) in [5.74, 6) is -0.946. The number of nitrogens with zero attached hydrogens (tertiary/aromatic N) is 1. The number of phenols is 1. The van der Waals surface area contributed by atoms with Crippen molar-refractivity contribution in [3.63, 3.8) is 0 Å². The van der Waals surface area contributed by atoms with Crippen molar-refractivity contribution in [2.24, 2.45) is 5.73 Å². The number of aromatic hydroxyl groups is 1. The van der Waals surface area contributed by atoms with Gasteiger partial charge in [0.15, 0.2) is 0 Å². The third kappa shape index (κ3) is 2.49. The molecule has 0 fully saturated rings. The molecule has 1 aromatic heterocycles. The second kappa shape index (κ2) is 4.89. The average Bonchev–Trinajstić information content (AvgIpc) is 2.85. The number of rotatable bonds is 4. The molecule has 1 unspecified atom stereocenters. The van der Waals surface area contributed by atoms with Crippen LogP contribution in [0.5, 0.6) is 5.75 Å². The summed E-state index contributed by atoms with van der Waals surface area (Å²) in [6, 6.07) is 5.63. The number of phenolic OH excluding ortho intramolecular Hbond substituents is 1. The van der Waals surface area contributed by atoms with Crippen molar-refractivity contribution < 1.29 is 15.0 Å². The molecule has 0 saturated heterocycles. The van der Waals surface area contributed by atoms with Crippen molar-refractivity contribution in [3.8, 4) is 17.0 Å². The highest BCUT2D eigenvalue weighted by Crippen LogP contribution is 2.28. The first-order chi connectivity index (χ1) is 8.58. The standard InChI is InChI=1S/C12H13N3O3/c13-9(12(17)18)6-7-1-2-11(16)8(5-7)10-3-4-14-15-10/h1-5,9,16H,6,13H2,(H,14,15)(H,17,18). The number of carbonyl (C=O) groups is 1. The van der Waals surface area contributed by atoms with Crippen LogP contribution in [0.25, 0.3) is 11.3 Å². The molecule has 0 spiro atoms. The van der Waals surface area contributed by atoms with Gasteiger partial charge in [0.05, 0.1) is 5.69 Å². The number of nitrogens with one attached hydrogen (secondary N) is 1. The van der Waals surface area contributed by atoms with Gasteiger partial charge >= 0.3 is 5.97 Å². The Kier molecular flexibility index (Phi) is 3.29. The molecule has 0 saturated carbocycles. The fraction of sp³-hybridized carbons (Fsp3) is 0.167. The normalized spacial score (nSPS) is 12.3. The van der Waals surface area contributed by atoms with E-state index >= 15 is 0 Å². The number of aromatic amines is 1. The fourth-order valence-corrected chi connectivity index (χ4v) is 1.67. The molecule has 1 atom stereocenters. The largest absolute Gasteiger partial charge is 0.507 e. The molecular weight excluding hydrogens is 234 g/mol. The van der Waals surface area contributed by atoms with Crippen molar-refractivity contribution in [3.05, 3.63) is 36.0 Å². The van der Waals surface area contributed by atoms with Gasteiger partial charge in [0.1, 0.15) is 11.8 Å². The molecule has 94 valence electrons. The minimum absolute atomic E-state index is 0.104. The van der Waals surface area contributed by atoms with E-state index in [1.165, 1.54) is 6.07 Å². The van der Waals surface area contributed by atoms with Crippen molar-refractivity contribution in [2.45, 2.75) is 12.5 Å². The molecule has 6 nitrogen and oxygen atoms in total. The van der Waals surface area contributed by atoms with Crippen molar-refractivity contribution >= 4 is 5.97 Å². The van der Waals surface area contributed by atoms with Crippen molar-refractivity contribution in [2.75, 3.05) is 0 Å². The maximum absolute atomic E-state index is 10.7. The van der Waals surface area contributed by atoms with E-state index < -0.39 is 12.0 Å². The van der Waals surface area contributed by atoms with E-state index in [9.17, 15) is 9.90 Å². The third-order valence-electron chi connectivity index (χ3n) is 2.62. The second-order valence-corrected chi connectivity index (χ2v) is 3.97. The van der Waals surface area contributed by atoms with Crippen LogP contribution in [0.4, 0.5) is 0 Å². The number of H-pyrrole nitrogens is 1. The molecule has 0 bridgehead atoms. The summed E-state index contributed by atoms with van der Waals surface area (Å²) in [6.07, 6.45) is 1.78. The highest BCUT2D eigenvalue weighted by molar-refractivity contribution is 5.74. The van der Waals surface area contributed by atoms with Crippen LogP contribution in [-0.4, -0.2) is 32.4 Å². The molecule has 0 amide bonds. The minimum Gasteiger partial charge on any atom is -0.507 e. The second-order valence-electron chi connectivity index (χ2n) is 3.97. The van der Waals surface area contributed by atoms with Gasteiger partial charge in [-0.15, -0.1) is 0 Å². The predicted molar refractivity (Wildman–Crippen MR) is 65.0 cm³/mol. The zero-order valence-electron chi connectivity index (χ0n) is 9.50. The number of hydrogen-bond acceptors (Lipinski definition) is 4. The predicted octanol–water partition coefficient (Wildman–Crippen LogP) is 0.737. The van der Waals surface area contributed by atoms with E-state index in [1.54, 1.807) is 24.4 Å². The van der Waals surface area contributed by atoms with E-state index in [0.29, 0.717) is 11.3 Å². The van der Waals surface area contributed by atoms with Crippen LogP contribution in [0.15, 0.2) is 30.5 Å². The lowest BCUT2D eigenvalue weighted by atomic mass is 10.0. The number of carboxylic acid groups (broad SMARTS) is 1. The topological polar surface area (TPSA) is 112 Å². The Morgan fingerprint density at radius 2 is 2.22 bits per heavy atom. The van der Waals surface area contributed by atoms with E-state index in [2.05, 4.69) is 10.2 Å². The smallest absolute Gasteiger partial charge is 0.320 e. The SMILES string of the molecule is NC(Cc1ccc(O)c(-c2ccn[nH]2)c1)C(=O)O. The van der Waals surface area contributed by atoms with Crippen LogP contribution in [0, 0.1) is 0 Å². The third-order valence-corrected chi connectivity index (χ3v) is 2.62. The Morgan fingerprint density at radius 3 is 2.83 bits per heavy atom. The van der Waals surface area contributed by atoms with Crippen LogP contribution in [0.3, 0.4) is 0 Å². The van der Waals surface area contributed by atoms with Gasteiger partial charge in [-0.2, -0.15) is 5.10 Å². The number of benzene rings is 1. The number of nitrogens with two attached hydrogens (primary N) is 1. The molecule has 5 N–H and O–H groups in total. The van der Waals surface area contributed by atoms with Gasteiger partial charge in [0.25, 0.3) is 0 Å². The summed E-state index contributed by atoms with van der Waals surface area (Å²) in [5, 5.41) is 25.1. The number of carboxylic acids is 1. The first-order valence-electron chi connectivity index (χ1n) is 5.38. The molecule has 6 heteroatoms. The lowest BCUT2D eigenvalue weighted by Gasteiger charge is -2.09. The Balaban J connectivity index is 2.30. The lowest BCUT2D eigenvalue weighted by molar-refractivity contribution is -0.138. The van der Waals surface area contributed by atoms with Gasteiger partial charge in [-0.3, -0.25) is 9.89 Å². The summed E-state index contributed by atoms with van der Waals surface area (Å²) in [7, 11) is 0. The van der Waals surface area contributed by atoms with Crippen LogP contribution in [-0.2, 0) is 11.2 Å². The Bertz CT molecular complexity index is 552. The molecule has 0 aliphatic heterocycles. The van der Waals surface area contributed by atoms with Crippen LogP contribution < -0.4 is 5.73 Å². The van der Waals surface area contributed by atoms with Gasteiger partial charge in [-0.05, 0) is 30.2 Å². The molecule has 0 aliphatic carbocycles. The summed E-state index contributed by atoms with van der Waals surface area (Å²) >= 11 is 0. The zero-order chi connectivity index (χ0) is 13.1. The van der Waals surface area contributed by atoms with E-state index in [-0.39, 0.29) is 12.2 Å². The molecular formula is C12H13N3O3. The molecule has 1 aromatic carbocycles. The maximum atomic E-state index is 10.7. The molecule has 2 aromatic rings. The van der Waals surface area contributed by atoms with E-state index in [1.807, 2.05) is 0 Å². The quantitative estimate of drug-likeness (QED) is 0.636. The molecule has 0 aliphatic rings. The maximum Gasteiger partial charge on any atom is 0.320 e. The van der Waals surface area contributed by atoms with E-state index in [4.69, 9.17) is 10.8 Å². The average molecular weight is 247 g/mol. The lowest BCUT2D eigenvalue weighted by Crippen LogP contribution is -2.32. The van der Waals surface area contributed by atoms with Crippen LogP contribution in [0.1, 0.15) is 5.56 Å². The molecule has 18 heavy (non-hydrogen) atoms. The highest BCUT2D eigenvalue weighted by Gasteiger charge is 2.14. The molecule has 2 rings (SSSR count). The van der Waals surface area contributed by atoms with Crippen molar-refractivity contribution in [1.82, 2.24) is 10.2 Å². The van der Waals surface area contributed by atoms with Crippen molar-refractivity contribution in [1.29, 1.82) is 0 Å². The number of aliphatic carboxylic acids is 1. The van der Waals surface area contributed by atoms with Gasteiger partial charge < -0.3 is 15.9 Å². The van der Waals surface area contributed by atoms with Gasteiger partial charge in [0.2, 0.25) is 0 Å². The fourth-order valence-electron chi connectivity index (χ4n) is 1.67. The Hall–Kier alpha value is -2.34. The molecule has 0 radical (unpaired) electrons.